The molecule has 2 aromatic rings. The first-order valence-electron chi connectivity index (χ1n) is 6.61. The molecule has 2 heterocycles. The largest absolute Gasteiger partial charge is 0.478 e. The van der Waals surface area contributed by atoms with Crippen molar-refractivity contribution in [3.63, 3.8) is 0 Å². The van der Waals surface area contributed by atoms with E-state index in [1.165, 1.54) is 16.0 Å². The molecule has 0 saturated heterocycles. The summed E-state index contributed by atoms with van der Waals surface area (Å²) in [5.74, 6) is -1.30. The zero-order valence-electron chi connectivity index (χ0n) is 12.1. The lowest BCUT2D eigenvalue weighted by Crippen LogP contribution is -2.24. The van der Waals surface area contributed by atoms with Crippen LogP contribution in [0.25, 0.3) is 0 Å². The van der Waals surface area contributed by atoms with Crippen LogP contribution in [-0.2, 0) is 11.2 Å². The van der Waals surface area contributed by atoms with Gasteiger partial charge in [0, 0.05) is 17.3 Å². The van der Waals surface area contributed by atoms with Crippen LogP contribution in [0.4, 0.5) is 5.00 Å². The van der Waals surface area contributed by atoms with Crippen LogP contribution in [0.5, 0.6) is 0 Å². The molecule has 2 rings (SSSR count). The molecule has 0 fully saturated rings. The van der Waals surface area contributed by atoms with Crippen LogP contribution in [-0.4, -0.2) is 26.8 Å². The lowest BCUT2D eigenvalue weighted by atomic mass is 10.1. The minimum absolute atomic E-state index is 0.195. The highest BCUT2D eigenvalue weighted by atomic mass is 32.1. The third-order valence-electron chi connectivity index (χ3n) is 3.31. The molecule has 2 N–H and O–H groups in total. The molecule has 112 valence electrons. The SMILES string of the molecule is CCc1c(C)sc(NC(=O)C(C)n2cccn2)c1C(=O)O. The molecule has 0 radical (unpaired) electrons. The fourth-order valence-corrected chi connectivity index (χ4v) is 3.30. The third kappa shape index (κ3) is 2.97. The number of hydrogen-bond acceptors (Lipinski definition) is 4. The molecule has 0 bridgehead atoms. The number of aromatic carboxylic acids is 1. The zero-order chi connectivity index (χ0) is 15.6. The summed E-state index contributed by atoms with van der Waals surface area (Å²) in [7, 11) is 0. The number of carboxylic acids is 1. The number of rotatable bonds is 5. The van der Waals surface area contributed by atoms with Crippen molar-refractivity contribution in [1.29, 1.82) is 0 Å². The van der Waals surface area contributed by atoms with Gasteiger partial charge in [0.2, 0.25) is 5.91 Å². The maximum absolute atomic E-state index is 12.2. The fraction of sp³-hybridized carbons (Fsp3) is 0.357. The molecule has 0 aliphatic carbocycles. The summed E-state index contributed by atoms with van der Waals surface area (Å²) >= 11 is 1.29. The molecule has 0 saturated carbocycles. The summed E-state index contributed by atoms with van der Waals surface area (Å²) in [6.07, 6.45) is 3.91. The number of aromatic nitrogens is 2. The molecule has 1 unspecified atom stereocenters. The smallest absolute Gasteiger partial charge is 0.339 e. The van der Waals surface area contributed by atoms with Gasteiger partial charge in [-0.05, 0) is 31.9 Å². The van der Waals surface area contributed by atoms with Crippen molar-refractivity contribution in [1.82, 2.24) is 9.78 Å². The Morgan fingerprint density at radius 3 is 2.76 bits per heavy atom. The van der Waals surface area contributed by atoms with Crippen molar-refractivity contribution in [2.45, 2.75) is 33.2 Å². The predicted octanol–water partition coefficient (Wildman–Crippen LogP) is 2.71. The lowest BCUT2D eigenvalue weighted by molar-refractivity contribution is -0.119. The number of carbonyl (C=O) groups excluding carboxylic acids is 1. The lowest BCUT2D eigenvalue weighted by Gasteiger charge is -2.12. The molecular formula is C14H17N3O3S. The molecule has 0 aliphatic rings. The van der Waals surface area contributed by atoms with E-state index >= 15 is 0 Å². The Balaban J connectivity index is 2.27. The van der Waals surface area contributed by atoms with Crippen LogP contribution in [0.15, 0.2) is 18.5 Å². The number of aryl methyl sites for hydroxylation is 1. The quantitative estimate of drug-likeness (QED) is 0.889. The maximum atomic E-state index is 12.2. The molecule has 1 atom stereocenters. The average Bonchev–Trinajstić information content (AvgIpc) is 3.05. The van der Waals surface area contributed by atoms with Crippen molar-refractivity contribution in [3.05, 3.63) is 34.5 Å². The topological polar surface area (TPSA) is 84.2 Å². The highest BCUT2D eigenvalue weighted by Gasteiger charge is 2.24. The molecule has 0 aromatic carbocycles. The van der Waals surface area contributed by atoms with Gasteiger partial charge in [0.05, 0.1) is 5.56 Å². The first kappa shape index (κ1) is 15.2. The Labute approximate surface area is 126 Å². The van der Waals surface area contributed by atoms with Crippen LogP contribution in [0.1, 0.15) is 40.7 Å². The zero-order valence-corrected chi connectivity index (χ0v) is 12.9. The Morgan fingerprint density at radius 2 is 2.24 bits per heavy atom. The third-order valence-corrected chi connectivity index (χ3v) is 4.38. The number of thiophene rings is 1. The van der Waals surface area contributed by atoms with Gasteiger partial charge in [-0.15, -0.1) is 11.3 Å². The highest BCUT2D eigenvalue weighted by Crippen LogP contribution is 2.33. The van der Waals surface area contributed by atoms with E-state index in [2.05, 4.69) is 10.4 Å². The first-order chi connectivity index (χ1) is 9.95. The summed E-state index contributed by atoms with van der Waals surface area (Å²) in [5.41, 5.74) is 0.968. The molecule has 6 nitrogen and oxygen atoms in total. The number of carboxylic acid groups (broad SMARTS) is 1. The normalized spacial score (nSPS) is 12.1. The number of anilines is 1. The number of nitrogens with one attached hydrogen (secondary N) is 1. The molecule has 1 amide bonds. The minimum atomic E-state index is -1.02. The van der Waals surface area contributed by atoms with Gasteiger partial charge >= 0.3 is 5.97 Å². The molecular weight excluding hydrogens is 290 g/mol. The van der Waals surface area contributed by atoms with Gasteiger partial charge < -0.3 is 10.4 Å². The van der Waals surface area contributed by atoms with Crippen LogP contribution >= 0.6 is 11.3 Å². The van der Waals surface area contributed by atoms with Gasteiger partial charge in [0.1, 0.15) is 11.0 Å². The van der Waals surface area contributed by atoms with Crippen molar-refractivity contribution < 1.29 is 14.7 Å². The Bertz CT molecular complexity index is 661. The predicted molar refractivity (Wildman–Crippen MR) is 81.0 cm³/mol. The van der Waals surface area contributed by atoms with Crippen LogP contribution in [0, 0.1) is 6.92 Å². The second-order valence-corrected chi connectivity index (χ2v) is 5.88. The van der Waals surface area contributed by atoms with Gasteiger partial charge in [0.25, 0.3) is 0 Å². The summed E-state index contributed by atoms with van der Waals surface area (Å²) in [4.78, 5) is 24.6. The van der Waals surface area contributed by atoms with Gasteiger partial charge in [-0.2, -0.15) is 5.10 Å². The fourth-order valence-electron chi connectivity index (χ4n) is 2.16. The summed E-state index contributed by atoms with van der Waals surface area (Å²) < 4.78 is 1.52. The van der Waals surface area contributed by atoms with E-state index in [1.807, 2.05) is 13.8 Å². The number of amides is 1. The Kier molecular flexibility index (Phi) is 4.42. The van der Waals surface area contributed by atoms with E-state index in [-0.39, 0.29) is 11.5 Å². The number of carbonyl (C=O) groups is 2. The Hall–Kier alpha value is -2.15. The van der Waals surface area contributed by atoms with Crippen molar-refractivity contribution >= 4 is 28.2 Å². The molecule has 0 spiro atoms. The average molecular weight is 307 g/mol. The number of nitrogens with zero attached hydrogens (tertiary/aromatic N) is 2. The van der Waals surface area contributed by atoms with Crippen LogP contribution in [0.2, 0.25) is 0 Å². The van der Waals surface area contributed by atoms with Crippen molar-refractivity contribution in [2.75, 3.05) is 5.32 Å². The molecule has 2 aromatic heterocycles. The second-order valence-electron chi connectivity index (χ2n) is 4.65. The van der Waals surface area contributed by atoms with Gasteiger partial charge in [-0.25, -0.2) is 4.79 Å². The summed E-state index contributed by atoms with van der Waals surface area (Å²) in [6.45, 7) is 5.48. The molecule has 7 heteroatoms. The van der Waals surface area contributed by atoms with E-state index < -0.39 is 12.0 Å². The van der Waals surface area contributed by atoms with E-state index in [1.54, 1.807) is 25.4 Å². The maximum Gasteiger partial charge on any atom is 0.339 e. The van der Waals surface area contributed by atoms with Gasteiger partial charge in [-0.3, -0.25) is 9.48 Å². The van der Waals surface area contributed by atoms with Crippen LogP contribution < -0.4 is 5.32 Å². The molecule has 21 heavy (non-hydrogen) atoms. The van der Waals surface area contributed by atoms with E-state index in [0.717, 1.165) is 10.4 Å². The summed E-state index contributed by atoms with van der Waals surface area (Å²) in [5, 5.41) is 16.5. The Morgan fingerprint density at radius 1 is 1.52 bits per heavy atom. The van der Waals surface area contributed by atoms with Gasteiger partial charge in [0.15, 0.2) is 0 Å². The molecule has 0 aliphatic heterocycles. The minimum Gasteiger partial charge on any atom is -0.478 e. The standard InChI is InChI=1S/C14H17N3O3S/c1-4-10-9(3)21-13(11(10)14(19)20)16-12(18)8(2)17-7-5-6-15-17/h5-8H,4H2,1-3H3,(H,16,18)(H,19,20). The number of hydrogen-bond donors (Lipinski definition) is 2. The van der Waals surface area contributed by atoms with E-state index in [9.17, 15) is 14.7 Å². The van der Waals surface area contributed by atoms with Crippen molar-refractivity contribution in [2.24, 2.45) is 0 Å². The first-order valence-corrected chi connectivity index (χ1v) is 7.42. The van der Waals surface area contributed by atoms with E-state index in [4.69, 9.17) is 0 Å². The second kappa shape index (κ2) is 6.09. The van der Waals surface area contributed by atoms with E-state index in [0.29, 0.717) is 11.4 Å². The van der Waals surface area contributed by atoms with Crippen LogP contribution in [0.3, 0.4) is 0 Å². The monoisotopic (exact) mass is 307 g/mol. The summed E-state index contributed by atoms with van der Waals surface area (Å²) in [6, 6.07) is 1.23. The van der Waals surface area contributed by atoms with Crippen molar-refractivity contribution in [3.8, 4) is 0 Å². The highest BCUT2D eigenvalue weighted by molar-refractivity contribution is 7.16. The van der Waals surface area contributed by atoms with Gasteiger partial charge in [-0.1, -0.05) is 6.92 Å².